The van der Waals surface area contributed by atoms with E-state index in [1.54, 1.807) is 7.05 Å². The molecule has 6 heteroatoms. The zero-order valence-electron chi connectivity index (χ0n) is 11.7. The highest BCUT2D eigenvalue weighted by Gasteiger charge is 2.24. The molecule has 0 aliphatic rings. The number of nitrogens with zero attached hydrogens (tertiary/aromatic N) is 2. The summed E-state index contributed by atoms with van der Waals surface area (Å²) in [5.41, 5.74) is 5.91. The third kappa shape index (κ3) is 4.91. The number of hydrogen-bond acceptors (Lipinski definition) is 3. The van der Waals surface area contributed by atoms with Gasteiger partial charge in [-0.15, -0.1) is 0 Å². The lowest BCUT2D eigenvalue weighted by molar-refractivity contribution is 0.355. The molecule has 0 spiro atoms. The van der Waals surface area contributed by atoms with Crippen LogP contribution < -0.4 is 5.73 Å². The van der Waals surface area contributed by atoms with Crippen LogP contribution in [0.4, 0.5) is 0 Å². The summed E-state index contributed by atoms with van der Waals surface area (Å²) in [5, 5.41) is 0. The highest BCUT2D eigenvalue weighted by atomic mass is 32.2. The Morgan fingerprint density at radius 1 is 1.18 bits per heavy atom. The predicted molar refractivity (Wildman–Crippen MR) is 71.9 cm³/mol. The van der Waals surface area contributed by atoms with Crippen LogP contribution in [0.5, 0.6) is 0 Å². The van der Waals surface area contributed by atoms with Crippen molar-refractivity contribution >= 4 is 10.2 Å². The summed E-state index contributed by atoms with van der Waals surface area (Å²) in [5.74, 6) is 0.375. The third-order valence-corrected chi connectivity index (χ3v) is 5.20. The fraction of sp³-hybridized carbons (Fsp3) is 1.00. The van der Waals surface area contributed by atoms with Crippen LogP contribution in [0, 0.1) is 5.92 Å². The quantitative estimate of drug-likeness (QED) is 0.708. The van der Waals surface area contributed by atoms with Crippen LogP contribution in [-0.4, -0.2) is 49.8 Å². The second kappa shape index (κ2) is 7.31. The summed E-state index contributed by atoms with van der Waals surface area (Å²) in [6.07, 6.45) is 0.689. The number of nitrogens with two attached hydrogens (primary N) is 1. The average Bonchev–Trinajstić information content (AvgIpc) is 2.26. The first-order valence-electron chi connectivity index (χ1n) is 6.24. The molecule has 0 saturated carbocycles. The molecule has 0 aromatic rings. The normalized spacial score (nSPS) is 14.9. The largest absolute Gasteiger partial charge is 0.327 e. The minimum Gasteiger partial charge on any atom is -0.327 e. The fourth-order valence-corrected chi connectivity index (χ4v) is 2.91. The molecule has 0 aromatic heterocycles. The SMILES string of the molecule is CCN(CC)S(=O)(=O)N(C)CCC(N)C(C)C. The van der Waals surface area contributed by atoms with Crippen molar-refractivity contribution in [1.29, 1.82) is 0 Å². The van der Waals surface area contributed by atoms with Gasteiger partial charge in [0.25, 0.3) is 10.2 Å². The van der Waals surface area contributed by atoms with Gasteiger partial charge in [0, 0.05) is 32.7 Å². The molecule has 0 aliphatic carbocycles. The molecular formula is C11H27N3O2S. The van der Waals surface area contributed by atoms with Crippen LogP contribution in [0.2, 0.25) is 0 Å². The maximum atomic E-state index is 12.1. The van der Waals surface area contributed by atoms with Crippen LogP contribution in [0.1, 0.15) is 34.1 Å². The lowest BCUT2D eigenvalue weighted by atomic mass is 10.0. The first kappa shape index (κ1) is 16.8. The van der Waals surface area contributed by atoms with Crippen molar-refractivity contribution in [1.82, 2.24) is 8.61 Å². The topological polar surface area (TPSA) is 66.6 Å². The Kier molecular flexibility index (Phi) is 7.23. The van der Waals surface area contributed by atoms with Crippen molar-refractivity contribution in [3.63, 3.8) is 0 Å². The number of hydrogen-bond donors (Lipinski definition) is 1. The van der Waals surface area contributed by atoms with E-state index >= 15 is 0 Å². The van der Waals surface area contributed by atoms with Gasteiger partial charge in [-0.3, -0.25) is 0 Å². The fourth-order valence-electron chi connectivity index (χ4n) is 1.53. The van der Waals surface area contributed by atoms with E-state index in [1.807, 2.05) is 27.7 Å². The zero-order chi connectivity index (χ0) is 13.6. The maximum Gasteiger partial charge on any atom is 0.281 e. The van der Waals surface area contributed by atoms with Crippen LogP contribution >= 0.6 is 0 Å². The Bertz CT molecular complexity index is 300. The Morgan fingerprint density at radius 3 is 2.00 bits per heavy atom. The van der Waals surface area contributed by atoms with E-state index in [0.29, 0.717) is 32.0 Å². The molecule has 0 rings (SSSR count). The molecule has 17 heavy (non-hydrogen) atoms. The molecule has 1 atom stereocenters. The molecule has 104 valence electrons. The summed E-state index contributed by atoms with van der Waals surface area (Å²) in [7, 11) is -1.70. The molecule has 1 unspecified atom stereocenters. The molecular weight excluding hydrogens is 238 g/mol. The van der Waals surface area contributed by atoms with E-state index in [2.05, 4.69) is 0 Å². The minimum absolute atomic E-state index is 0.0457. The third-order valence-electron chi connectivity index (χ3n) is 3.06. The first-order chi connectivity index (χ1) is 7.77. The van der Waals surface area contributed by atoms with Crippen molar-refractivity contribution in [3.05, 3.63) is 0 Å². The van der Waals surface area contributed by atoms with Crippen molar-refractivity contribution < 1.29 is 8.42 Å². The van der Waals surface area contributed by atoms with Gasteiger partial charge >= 0.3 is 0 Å². The molecule has 0 heterocycles. The van der Waals surface area contributed by atoms with Gasteiger partial charge in [-0.25, -0.2) is 0 Å². The lowest BCUT2D eigenvalue weighted by Gasteiger charge is -2.26. The summed E-state index contributed by atoms with van der Waals surface area (Å²) >= 11 is 0. The van der Waals surface area contributed by atoms with E-state index in [1.165, 1.54) is 8.61 Å². The highest BCUT2D eigenvalue weighted by molar-refractivity contribution is 7.86. The average molecular weight is 265 g/mol. The Hall–Kier alpha value is -0.170. The van der Waals surface area contributed by atoms with Crippen molar-refractivity contribution in [2.45, 2.75) is 40.2 Å². The van der Waals surface area contributed by atoms with E-state index in [9.17, 15) is 8.42 Å². The van der Waals surface area contributed by atoms with Crippen molar-refractivity contribution in [2.75, 3.05) is 26.7 Å². The summed E-state index contributed by atoms with van der Waals surface area (Å²) < 4.78 is 27.0. The van der Waals surface area contributed by atoms with Gasteiger partial charge in [0.2, 0.25) is 0 Å². The standard InChI is InChI=1S/C11H27N3O2S/c1-6-14(7-2)17(15,16)13(5)9-8-11(12)10(3)4/h10-11H,6-9,12H2,1-5H3. The van der Waals surface area contributed by atoms with Gasteiger partial charge < -0.3 is 5.73 Å². The minimum atomic E-state index is -3.31. The van der Waals surface area contributed by atoms with Gasteiger partial charge in [-0.1, -0.05) is 27.7 Å². The van der Waals surface area contributed by atoms with Crippen LogP contribution in [0.25, 0.3) is 0 Å². The van der Waals surface area contributed by atoms with E-state index in [-0.39, 0.29) is 6.04 Å². The monoisotopic (exact) mass is 265 g/mol. The van der Waals surface area contributed by atoms with Crippen LogP contribution in [0.15, 0.2) is 0 Å². The molecule has 0 radical (unpaired) electrons. The zero-order valence-corrected chi connectivity index (χ0v) is 12.5. The predicted octanol–water partition coefficient (Wildman–Crippen LogP) is 0.878. The molecule has 2 N–H and O–H groups in total. The molecule has 0 aliphatic heterocycles. The molecule has 0 aromatic carbocycles. The number of rotatable bonds is 8. The summed E-state index contributed by atoms with van der Waals surface area (Å²) in [6.45, 7) is 9.24. The summed E-state index contributed by atoms with van der Waals surface area (Å²) in [6, 6.07) is 0.0457. The van der Waals surface area contributed by atoms with Gasteiger partial charge in [0.15, 0.2) is 0 Å². The molecule has 0 amide bonds. The van der Waals surface area contributed by atoms with Crippen LogP contribution in [-0.2, 0) is 10.2 Å². The Balaban J connectivity index is 4.45. The van der Waals surface area contributed by atoms with Crippen molar-refractivity contribution in [3.8, 4) is 0 Å². The Morgan fingerprint density at radius 2 is 1.65 bits per heavy atom. The second-order valence-electron chi connectivity index (χ2n) is 4.61. The van der Waals surface area contributed by atoms with E-state index in [4.69, 9.17) is 5.73 Å². The van der Waals surface area contributed by atoms with Gasteiger partial charge in [0.05, 0.1) is 0 Å². The highest BCUT2D eigenvalue weighted by Crippen LogP contribution is 2.09. The molecule has 0 saturated heterocycles. The smallest absolute Gasteiger partial charge is 0.281 e. The van der Waals surface area contributed by atoms with E-state index < -0.39 is 10.2 Å². The second-order valence-corrected chi connectivity index (χ2v) is 6.65. The van der Waals surface area contributed by atoms with Crippen molar-refractivity contribution in [2.24, 2.45) is 11.7 Å². The van der Waals surface area contributed by atoms with Gasteiger partial charge in [-0.05, 0) is 12.3 Å². The molecule has 5 nitrogen and oxygen atoms in total. The molecule has 0 bridgehead atoms. The summed E-state index contributed by atoms with van der Waals surface area (Å²) in [4.78, 5) is 0. The molecule has 0 fully saturated rings. The van der Waals surface area contributed by atoms with Crippen LogP contribution in [0.3, 0.4) is 0 Å². The maximum absolute atomic E-state index is 12.1. The lowest BCUT2D eigenvalue weighted by Crippen LogP contribution is -2.43. The van der Waals surface area contributed by atoms with Gasteiger partial charge in [-0.2, -0.15) is 17.0 Å². The van der Waals surface area contributed by atoms with E-state index in [0.717, 1.165) is 0 Å². The van der Waals surface area contributed by atoms with Gasteiger partial charge in [0.1, 0.15) is 0 Å². The Labute approximate surface area is 106 Å². The first-order valence-corrected chi connectivity index (χ1v) is 7.64.